The number of hydrogen-bond donors (Lipinski definition) is 2. The fraction of sp³-hybridized carbons (Fsp3) is 0.636. The summed E-state index contributed by atoms with van der Waals surface area (Å²) in [5.74, 6) is 2.02. The van der Waals surface area contributed by atoms with Gasteiger partial charge in [-0.15, -0.1) is 0 Å². The quantitative estimate of drug-likeness (QED) is 0.790. The largest absolute Gasteiger partial charge is 0.384 e. The van der Waals surface area contributed by atoms with Crippen LogP contribution >= 0.6 is 0 Å². The molecule has 1 aromatic rings. The molecule has 2 rings (SSSR count). The lowest BCUT2D eigenvalue weighted by atomic mass is 10.0. The lowest BCUT2D eigenvalue weighted by molar-refractivity contribution is 0.0232. The molecule has 0 saturated carbocycles. The molecule has 5 nitrogen and oxygen atoms in total. The van der Waals surface area contributed by atoms with Gasteiger partial charge in [0.15, 0.2) is 0 Å². The molecule has 2 atom stereocenters. The van der Waals surface area contributed by atoms with Crippen LogP contribution in [0.15, 0.2) is 6.07 Å². The van der Waals surface area contributed by atoms with Gasteiger partial charge in [0.25, 0.3) is 0 Å². The molecule has 0 spiro atoms. The lowest BCUT2D eigenvalue weighted by Crippen LogP contribution is -2.32. The minimum absolute atomic E-state index is 0.312. The van der Waals surface area contributed by atoms with Gasteiger partial charge in [-0.25, -0.2) is 9.97 Å². The first-order valence-electron chi connectivity index (χ1n) is 5.63. The minimum Gasteiger partial charge on any atom is -0.384 e. The molecule has 16 heavy (non-hydrogen) atoms. The molecule has 0 amide bonds. The van der Waals surface area contributed by atoms with Crippen molar-refractivity contribution in [2.75, 3.05) is 17.7 Å². The molecule has 1 fully saturated rings. The third kappa shape index (κ3) is 2.82. The average Bonchev–Trinajstić information content (AvgIpc) is 2.15. The topological polar surface area (TPSA) is 73.1 Å². The van der Waals surface area contributed by atoms with Crippen molar-refractivity contribution in [3.05, 3.63) is 11.9 Å². The molecule has 0 aliphatic carbocycles. The van der Waals surface area contributed by atoms with Crippen molar-refractivity contribution in [3.8, 4) is 0 Å². The summed E-state index contributed by atoms with van der Waals surface area (Å²) in [5.41, 5.74) is 5.68. The fourth-order valence-electron chi connectivity index (χ4n) is 2.00. The van der Waals surface area contributed by atoms with E-state index in [-0.39, 0.29) is 0 Å². The predicted octanol–water partition coefficient (Wildman–Crippen LogP) is 1.35. The van der Waals surface area contributed by atoms with Gasteiger partial charge in [-0.1, -0.05) is 0 Å². The molecule has 1 saturated heterocycles. The van der Waals surface area contributed by atoms with Crippen LogP contribution < -0.4 is 11.1 Å². The summed E-state index contributed by atoms with van der Waals surface area (Å²) in [7, 11) is 0. The van der Waals surface area contributed by atoms with Gasteiger partial charge in [-0.2, -0.15) is 0 Å². The predicted molar refractivity (Wildman–Crippen MR) is 63.2 cm³/mol. The van der Waals surface area contributed by atoms with Gasteiger partial charge in [-0.05, 0) is 26.7 Å². The standard InChI is InChI=1S/C11H18N4O/c1-7-5-9(3-4-16-7)15-11-6-10(12)13-8(2)14-11/h6-7,9H,3-5H2,1-2H3,(H3,12,13,14,15). The Labute approximate surface area is 95.4 Å². The fourth-order valence-corrected chi connectivity index (χ4v) is 2.00. The molecule has 5 heteroatoms. The maximum atomic E-state index is 5.68. The van der Waals surface area contributed by atoms with Crippen molar-refractivity contribution in [2.45, 2.75) is 38.8 Å². The zero-order valence-corrected chi connectivity index (χ0v) is 9.73. The van der Waals surface area contributed by atoms with E-state index in [0.717, 1.165) is 25.3 Å². The van der Waals surface area contributed by atoms with Gasteiger partial charge in [0.05, 0.1) is 6.10 Å². The lowest BCUT2D eigenvalue weighted by Gasteiger charge is -2.28. The molecule has 0 aromatic carbocycles. The summed E-state index contributed by atoms with van der Waals surface area (Å²) in [6.07, 6.45) is 2.32. The van der Waals surface area contributed by atoms with Crippen LogP contribution in [0.4, 0.5) is 11.6 Å². The third-order valence-corrected chi connectivity index (χ3v) is 2.69. The number of ether oxygens (including phenoxy) is 1. The first-order chi connectivity index (χ1) is 7.63. The summed E-state index contributed by atoms with van der Waals surface area (Å²) in [5, 5.41) is 3.38. The molecule has 0 bridgehead atoms. The Morgan fingerprint density at radius 1 is 1.50 bits per heavy atom. The molecule has 1 aliphatic heterocycles. The number of anilines is 2. The average molecular weight is 222 g/mol. The highest BCUT2D eigenvalue weighted by Crippen LogP contribution is 2.18. The highest BCUT2D eigenvalue weighted by molar-refractivity contribution is 5.45. The van der Waals surface area contributed by atoms with Crippen molar-refractivity contribution in [2.24, 2.45) is 0 Å². The highest BCUT2D eigenvalue weighted by atomic mass is 16.5. The SMILES string of the molecule is Cc1nc(N)cc(NC2CCOC(C)C2)n1. The Kier molecular flexibility index (Phi) is 3.24. The zero-order valence-electron chi connectivity index (χ0n) is 9.73. The number of aromatic nitrogens is 2. The van der Waals surface area contributed by atoms with Crippen LogP contribution in [-0.2, 0) is 4.74 Å². The number of nitrogens with two attached hydrogens (primary N) is 1. The molecule has 2 heterocycles. The van der Waals surface area contributed by atoms with Crippen LogP contribution in [0.25, 0.3) is 0 Å². The van der Waals surface area contributed by atoms with Crippen molar-refractivity contribution in [1.29, 1.82) is 0 Å². The van der Waals surface area contributed by atoms with Crippen LogP contribution in [0.3, 0.4) is 0 Å². The van der Waals surface area contributed by atoms with Gasteiger partial charge in [0.2, 0.25) is 0 Å². The number of nitrogens with one attached hydrogen (secondary N) is 1. The van der Waals surface area contributed by atoms with Gasteiger partial charge >= 0.3 is 0 Å². The normalized spacial score (nSPS) is 25.4. The summed E-state index contributed by atoms with van der Waals surface area (Å²) >= 11 is 0. The number of nitrogens with zero attached hydrogens (tertiary/aromatic N) is 2. The van der Waals surface area contributed by atoms with Crippen molar-refractivity contribution < 1.29 is 4.74 Å². The Balaban J connectivity index is 2.02. The molecule has 1 aliphatic rings. The molecule has 1 aromatic heterocycles. The number of aryl methyl sites for hydroxylation is 1. The highest BCUT2D eigenvalue weighted by Gasteiger charge is 2.19. The third-order valence-electron chi connectivity index (χ3n) is 2.69. The van der Waals surface area contributed by atoms with E-state index in [9.17, 15) is 0 Å². The van der Waals surface area contributed by atoms with E-state index in [4.69, 9.17) is 10.5 Å². The van der Waals surface area contributed by atoms with E-state index in [1.54, 1.807) is 6.07 Å². The van der Waals surface area contributed by atoms with Gasteiger partial charge in [0, 0.05) is 18.7 Å². The Bertz CT molecular complexity index is 349. The summed E-state index contributed by atoms with van der Waals surface area (Å²) in [6.45, 7) is 4.74. The van der Waals surface area contributed by atoms with Crippen LogP contribution in [0, 0.1) is 6.92 Å². The van der Waals surface area contributed by atoms with E-state index in [1.807, 2.05) is 6.92 Å². The zero-order chi connectivity index (χ0) is 11.5. The molecular formula is C11H18N4O. The van der Waals surface area contributed by atoms with Gasteiger partial charge < -0.3 is 15.8 Å². The van der Waals surface area contributed by atoms with E-state index in [2.05, 4.69) is 22.2 Å². The number of nitrogen functional groups attached to an aromatic ring is 1. The van der Waals surface area contributed by atoms with Crippen molar-refractivity contribution in [1.82, 2.24) is 9.97 Å². The smallest absolute Gasteiger partial charge is 0.132 e. The van der Waals surface area contributed by atoms with Gasteiger partial charge in [-0.3, -0.25) is 0 Å². The van der Waals surface area contributed by atoms with Crippen LogP contribution in [0.5, 0.6) is 0 Å². The van der Waals surface area contributed by atoms with Crippen LogP contribution in [0.2, 0.25) is 0 Å². The summed E-state index contributed by atoms with van der Waals surface area (Å²) in [4.78, 5) is 8.35. The van der Waals surface area contributed by atoms with Gasteiger partial charge in [0.1, 0.15) is 17.5 Å². The molecule has 2 unspecified atom stereocenters. The van der Waals surface area contributed by atoms with Crippen molar-refractivity contribution in [3.63, 3.8) is 0 Å². The Morgan fingerprint density at radius 2 is 2.31 bits per heavy atom. The first-order valence-corrected chi connectivity index (χ1v) is 5.63. The van der Waals surface area contributed by atoms with Crippen molar-refractivity contribution >= 4 is 11.6 Å². The van der Waals surface area contributed by atoms with Crippen LogP contribution in [0.1, 0.15) is 25.6 Å². The molecule has 88 valence electrons. The molecule has 0 radical (unpaired) electrons. The summed E-state index contributed by atoms with van der Waals surface area (Å²) in [6, 6.07) is 2.19. The molecular weight excluding hydrogens is 204 g/mol. The van der Waals surface area contributed by atoms with Crippen LogP contribution in [-0.4, -0.2) is 28.7 Å². The monoisotopic (exact) mass is 222 g/mol. The minimum atomic E-state index is 0.312. The van der Waals surface area contributed by atoms with E-state index in [1.165, 1.54) is 0 Å². The second-order valence-corrected chi connectivity index (χ2v) is 4.27. The maximum Gasteiger partial charge on any atom is 0.132 e. The molecule has 3 N–H and O–H groups in total. The number of rotatable bonds is 2. The van der Waals surface area contributed by atoms with E-state index < -0.39 is 0 Å². The summed E-state index contributed by atoms with van der Waals surface area (Å²) < 4.78 is 5.50. The second-order valence-electron chi connectivity index (χ2n) is 4.27. The Hall–Kier alpha value is -1.36. The Morgan fingerprint density at radius 3 is 3.00 bits per heavy atom. The maximum absolute atomic E-state index is 5.68. The van der Waals surface area contributed by atoms with E-state index in [0.29, 0.717) is 23.8 Å². The van der Waals surface area contributed by atoms with E-state index >= 15 is 0 Å². The second kappa shape index (κ2) is 4.65. The number of hydrogen-bond acceptors (Lipinski definition) is 5. The first kappa shape index (κ1) is 11.1.